The lowest BCUT2D eigenvalue weighted by molar-refractivity contribution is 0.849. The smallest absolute Gasteiger partial charge is 0.0120 e. The Morgan fingerprint density at radius 2 is 1.45 bits per heavy atom. The molecular weight excluding hydrogens is 240 g/mol. The van der Waals surface area contributed by atoms with Crippen molar-refractivity contribution in [2.75, 3.05) is 0 Å². The molecule has 0 unspecified atom stereocenters. The Kier molecular flexibility index (Phi) is 4.86. The van der Waals surface area contributed by atoms with Crippen molar-refractivity contribution in [1.29, 1.82) is 0 Å². The summed E-state index contributed by atoms with van der Waals surface area (Å²) in [6, 6.07) is 6.81. The molecule has 0 aliphatic heterocycles. The SMILES string of the molecule is CCCc1c(CC)c(C)c2c(C)cccc2c1CCC. The predicted octanol–water partition coefficient (Wildman–Crippen LogP) is 5.92. The third kappa shape index (κ3) is 2.49. The lowest BCUT2D eigenvalue weighted by Crippen LogP contribution is -2.05. The number of hydrogen-bond acceptors (Lipinski definition) is 0. The Bertz CT molecular complexity index is 605. The number of hydrogen-bond donors (Lipinski definition) is 0. The van der Waals surface area contributed by atoms with Gasteiger partial charge in [-0.2, -0.15) is 0 Å². The molecule has 0 heteroatoms. The first-order chi connectivity index (χ1) is 9.65. The molecule has 0 aliphatic rings. The summed E-state index contributed by atoms with van der Waals surface area (Å²) in [4.78, 5) is 0. The number of aryl methyl sites for hydroxylation is 3. The average molecular weight is 268 g/mol. The predicted molar refractivity (Wildman–Crippen MR) is 90.8 cm³/mol. The summed E-state index contributed by atoms with van der Waals surface area (Å²) < 4.78 is 0. The van der Waals surface area contributed by atoms with Crippen LogP contribution in [0.3, 0.4) is 0 Å². The van der Waals surface area contributed by atoms with Gasteiger partial charge in [0.05, 0.1) is 0 Å². The van der Waals surface area contributed by atoms with Gasteiger partial charge in [0, 0.05) is 0 Å². The van der Waals surface area contributed by atoms with Crippen LogP contribution >= 0.6 is 0 Å². The zero-order chi connectivity index (χ0) is 14.7. The molecule has 2 aromatic carbocycles. The quantitative estimate of drug-likeness (QED) is 0.631. The summed E-state index contributed by atoms with van der Waals surface area (Å²) in [6.45, 7) is 11.5. The fourth-order valence-corrected chi connectivity index (χ4v) is 3.70. The molecule has 0 nitrogen and oxygen atoms in total. The first-order valence-corrected chi connectivity index (χ1v) is 8.18. The van der Waals surface area contributed by atoms with Gasteiger partial charge in [0.2, 0.25) is 0 Å². The van der Waals surface area contributed by atoms with Gasteiger partial charge in [0.15, 0.2) is 0 Å². The summed E-state index contributed by atoms with van der Waals surface area (Å²) in [7, 11) is 0. The summed E-state index contributed by atoms with van der Waals surface area (Å²) in [5.74, 6) is 0. The Hall–Kier alpha value is -1.30. The fourth-order valence-electron chi connectivity index (χ4n) is 3.70. The standard InChI is InChI=1S/C20H28/c1-6-10-17-16(8-3)15(5)20-14(4)12-9-13-19(20)18(17)11-7-2/h9,12-13H,6-8,10-11H2,1-5H3. The normalized spacial score (nSPS) is 11.2. The largest absolute Gasteiger partial charge is 0.0651 e. The minimum atomic E-state index is 1.15. The molecule has 0 amide bonds. The fraction of sp³-hybridized carbons (Fsp3) is 0.500. The van der Waals surface area contributed by atoms with Crippen molar-refractivity contribution < 1.29 is 0 Å². The number of fused-ring (bicyclic) bond motifs is 1. The van der Waals surface area contributed by atoms with E-state index >= 15 is 0 Å². The minimum absolute atomic E-state index is 1.15. The lowest BCUT2D eigenvalue weighted by Gasteiger charge is -2.21. The molecule has 0 spiro atoms. The second kappa shape index (κ2) is 6.43. The van der Waals surface area contributed by atoms with Crippen LogP contribution in [0.2, 0.25) is 0 Å². The van der Waals surface area contributed by atoms with Gasteiger partial charge in [-0.05, 0) is 71.7 Å². The van der Waals surface area contributed by atoms with Crippen molar-refractivity contribution in [2.24, 2.45) is 0 Å². The van der Waals surface area contributed by atoms with Crippen LogP contribution in [0, 0.1) is 13.8 Å². The van der Waals surface area contributed by atoms with E-state index in [4.69, 9.17) is 0 Å². The number of benzene rings is 2. The highest BCUT2D eigenvalue weighted by molar-refractivity contribution is 5.93. The third-order valence-electron chi connectivity index (χ3n) is 4.51. The van der Waals surface area contributed by atoms with E-state index in [1.807, 2.05) is 0 Å². The Morgan fingerprint density at radius 3 is 2.05 bits per heavy atom. The topological polar surface area (TPSA) is 0 Å². The van der Waals surface area contributed by atoms with Crippen LogP contribution < -0.4 is 0 Å². The maximum atomic E-state index is 2.33. The highest BCUT2D eigenvalue weighted by Gasteiger charge is 2.16. The van der Waals surface area contributed by atoms with Gasteiger partial charge in [-0.15, -0.1) is 0 Å². The lowest BCUT2D eigenvalue weighted by atomic mass is 9.84. The molecule has 0 radical (unpaired) electrons. The molecule has 2 rings (SSSR count). The van der Waals surface area contributed by atoms with Crippen molar-refractivity contribution in [3.8, 4) is 0 Å². The first-order valence-electron chi connectivity index (χ1n) is 8.18. The highest BCUT2D eigenvalue weighted by atomic mass is 14.2. The Labute approximate surface area is 124 Å². The average Bonchev–Trinajstić information content (AvgIpc) is 2.43. The maximum absolute atomic E-state index is 2.33. The van der Waals surface area contributed by atoms with Crippen LogP contribution in [-0.4, -0.2) is 0 Å². The van der Waals surface area contributed by atoms with Crippen molar-refractivity contribution in [3.05, 3.63) is 46.0 Å². The second-order valence-electron chi connectivity index (χ2n) is 5.91. The zero-order valence-corrected chi connectivity index (χ0v) is 13.8. The summed E-state index contributed by atoms with van der Waals surface area (Å²) in [5, 5.41) is 3.01. The Morgan fingerprint density at radius 1 is 0.800 bits per heavy atom. The second-order valence-corrected chi connectivity index (χ2v) is 5.91. The third-order valence-corrected chi connectivity index (χ3v) is 4.51. The van der Waals surface area contributed by atoms with E-state index in [0.29, 0.717) is 0 Å². The monoisotopic (exact) mass is 268 g/mol. The van der Waals surface area contributed by atoms with E-state index in [9.17, 15) is 0 Å². The molecule has 0 fully saturated rings. The van der Waals surface area contributed by atoms with Crippen LogP contribution in [0.4, 0.5) is 0 Å². The molecular formula is C20H28. The van der Waals surface area contributed by atoms with Gasteiger partial charge in [-0.25, -0.2) is 0 Å². The van der Waals surface area contributed by atoms with Gasteiger partial charge in [-0.3, -0.25) is 0 Å². The molecule has 0 saturated heterocycles. The van der Waals surface area contributed by atoms with Crippen molar-refractivity contribution in [1.82, 2.24) is 0 Å². The van der Waals surface area contributed by atoms with Gasteiger partial charge < -0.3 is 0 Å². The van der Waals surface area contributed by atoms with Gasteiger partial charge >= 0.3 is 0 Å². The maximum Gasteiger partial charge on any atom is -0.0120 e. The van der Waals surface area contributed by atoms with E-state index in [1.54, 1.807) is 16.7 Å². The van der Waals surface area contributed by atoms with Gasteiger partial charge in [0.25, 0.3) is 0 Å². The van der Waals surface area contributed by atoms with Crippen LogP contribution in [0.25, 0.3) is 10.8 Å². The zero-order valence-electron chi connectivity index (χ0n) is 13.8. The molecule has 0 aliphatic carbocycles. The van der Waals surface area contributed by atoms with Crippen molar-refractivity contribution in [3.63, 3.8) is 0 Å². The van der Waals surface area contributed by atoms with Crippen molar-refractivity contribution in [2.45, 2.75) is 66.7 Å². The first kappa shape index (κ1) is 15.1. The minimum Gasteiger partial charge on any atom is -0.0651 e. The van der Waals surface area contributed by atoms with Crippen LogP contribution in [0.15, 0.2) is 18.2 Å². The highest BCUT2D eigenvalue weighted by Crippen LogP contribution is 2.34. The van der Waals surface area contributed by atoms with Crippen molar-refractivity contribution >= 4 is 10.8 Å². The molecule has 0 bridgehead atoms. The summed E-state index contributed by atoms with van der Waals surface area (Å²) in [6.07, 6.45) is 6.06. The van der Waals surface area contributed by atoms with Crippen LogP contribution in [-0.2, 0) is 19.3 Å². The van der Waals surface area contributed by atoms with E-state index in [2.05, 4.69) is 52.8 Å². The van der Waals surface area contributed by atoms with E-state index in [-0.39, 0.29) is 0 Å². The molecule has 0 aromatic heterocycles. The van der Waals surface area contributed by atoms with E-state index in [0.717, 1.165) is 6.42 Å². The molecule has 0 saturated carbocycles. The summed E-state index contributed by atoms with van der Waals surface area (Å²) in [5.41, 5.74) is 7.82. The van der Waals surface area contributed by atoms with E-state index in [1.165, 1.54) is 47.6 Å². The molecule has 0 atom stereocenters. The number of rotatable bonds is 5. The molecule has 0 heterocycles. The van der Waals surface area contributed by atoms with E-state index < -0.39 is 0 Å². The molecule has 20 heavy (non-hydrogen) atoms. The van der Waals surface area contributed by atoms with Gasteiger partial charge in [0.1, 0.15) is 0 Å². The molecule has 0 N–H and O–H groups in total. The Balaban J connectivity index is 2.89. The van der Waals surface area contributed by atoms with Crippen LogP contribution in [0.5, 0.6) is 0 Å². The van der Waals surface area contributed by atoms with Gasteiger partial charge in [-0.1, -0.05) is 51.8 Å². The molecule has 2 aromatic rings. The van der Waals surface area contributed by atoms with Crippen LogP contribution in [0.1, 0.15) is 61.4 Å². The molecule has 108 valence electrons. The summed E-state index contributed by atoms with van der Waals surface area (Å²) >= 11 is 0.